The molecule has 0 unspecified atom stereocenters. The van der Waals surface area contributed by atoms with E-state index in [0.717, 1.165) is 5.56 Å². The molecule has 2 rings (SSSR count). The molecule has 0 atom stereocenters. The third-order valence-corrected chi connectivity index (χ3v) is 3.29. The molecular formula is C14H17NO4. The van der Waals surface area contributed by atoms with Crippen LogP contribution in [0.5, 0.6) is 0 Å². The maximum absolute atomic E-state index is 12.4. The van der Waals surface area contributed by atoms with Crippen LogP contribution in [-0.2, 0) is 25.6 Å². The van der Waals surface area contributed by atoms with Crippen molar-refractivity contribution < 1.29 is 19.1 Å². The van der Waals surface area contributed by atoms with Gasteiger partial charge in [0, 0.05) is 13.6 Å². The Morgan fingerprint density at radius 1 is 1.32 bits per heavy atom. The molecule has 0 aliphatic carbocycles. The van der Waals surface area contributed by atoms with Gasteiger partial charge in [-0.25, -0.2) is 0 Å². The summed E-state index contributed by atoms with van der Waals surface area (Å²) in [6.45, 7) is 0.647. The summed E-state index contributed by atoms with van der Waals surface area (Å²) in [5.41, 5.74) is -0.142. The highest BCUT2D eigenvalue weighted by Gasteiger charge is 2.55. The summed E-state index contributed by atoms with van der Waals surface area (Å²) in [5.74, 6) is -0.780. The minimum absolute atomic E-state index is 0.0949. The predicted octanol–water partition coefficient (Wildman–Crippen LogP) is 0.835. The molecule has 19 heavy (non-hydrogen) atoms. The van der Waals surface area contributed by atoms with Crippen molar-refractivity contribution in [1.82, 2.24) is 4.90 Å². The second kappa shape index (κ2) is 5.40. The standard InChI is InChI=1S/C14H17NO4/c1-15(8-11-6-4-3-5-7-11)12(16)14(9-19-10-14)13(17)18-2/h3-7H,8-10H2,1-2H3. The molecule has 5 nitrogen and oxygen atoms in total. The number of carbonyl (C=O) groups is 2. The van der Waals surface area contributed by atoms with Crippen LogP contribution in [0.2, 0.25) is 0 Å². The van der Waals surface area contributed by atoms with Crippen LogP contribution in [0.25, 0.3) is 0 Å². The fraction of sp³-hybridized carbons (Fsp3) is 0.429. The van der Waals surface area contributed by atoms with Gasteiger partial charge in [-0.3, -0.25) is 9.59 Å². The van der Waals surface area contributed by atoms with Crippen LogP contribution in [0.3, 0.4) is 0 Å². The molecule has 5 heteroatoms. The number of hydrogen-bond donors (Lipinski definition) is 0. The highest BCUT2D eigenvalue weighted by molar-refractivity contribution is 6.03. The summed E-state index contributed by atoms with van der Waals surface area (Å²) in [6, 6.07) is 9.62. The van der Waals surface area contributed by atoms with Gasteiger partial charge in [-0.05, 0) is 5.56 Å². The lowest BCUT2D eigenvalue weighted by atomic mass is 9.84. The zero-order valence-corrected chi connectivity index (χ0v) is 11.1. The fourth-order valence-corrected chi connectivity index (χ4v) is 2.12. The van der Waals surface area contributed by atoms with Gasteiger partial charge in [0.15, 0.2) is 5.41 Å². The minimum atomic E-state index is -1.15. The van der Waals surface area contributed by atoms with Crippen molar-refractivity contribution in [3.8, 4) is 0 Å². The van der Waals surface area contributed by atoms with Gasteiger partial charge in [-0.2, -0.15) is 0 Å². The Balaban J connectivity index is 2.08. The normalized spacial score (nSPS) is 16.3. The lowest BCUT2D eigenvalue weighted by molar-refractivity contribution is -0.193. The van der Waals surface area contributed by atoms with E-state index in [0.29, 0.717) is 6.54 Å². The molecule has 0 N–H and O–H groups in total. The summed E-state index contributed by atoms with van der Waals surface area (Å²) >= 11 is 0. The van der Waals surface area contributed by atoms with E-state index in [2.05, 4.69) is 0 Å². The van der Waals surface area contributed by atoms with E-state index in [-0.39, 0.29) is 19.1 Å². The first-order valence-corrected chi connectivity index (χ1v) is 6.06. The average Bonchev–Trinajstić information content (AvgIpc) is 2.38. The Kier molecular flexibility index (Phi) is 3.85. The van der Waals surface area contributed by atoms with Crippen molar-refractivity contribution in [3.05, 3.63) is 35.9 Å². The van der Waals surface area contributed by atoms with Crippen LogP contribution in [0, 0.1) is 5.41 Å². The van der Waals surface area contributed by atoms with E-state index in [4.69, 9.17) is 9.47 Å². The number of hydrogen-bond acceptors (Lipinski definition) is 4. The number of carbonyl (C=O) groups excluding carboxylic acids is 2. The van der Waals surface area contributed by atoms with Crippen LogP contribution in [0.4, 0.5) is 0 Å². The number of benzene rings is 1. The lowest BCUT2D eigenvalue weighted by Crippen LogP contribution is -2.59. The molecule has 0 spiro atoms. The molecule has 1 heterocycles. The molecule has 1 amide bonds. The quantitative estimate of drug-likeness (QED) is 0.596. The summed E-state index contributed by atoms with van der Waals surface area (Å²) in [4.78, 5) is 25.7. The van der Waals surface area contributed by atoms with Crippen LogP contribution in [0.1, 0.15) is 5.56 Å². The largest absolute Gasteiger partial charge is 0.468 e. The summed E-state index contributed by atoms with van der Waals surface area (Å²) in [6.07, 6.45) is 0. The zero-order valence-electron chi connectivity index (χ0n) is 11.1. The van der Waals surface area contributed by atoms with Gasteiger partial charge in [0.1, 0.15) is 0 Å². The van der Waals surface area contributed by atoms with Gasteiger partial charge >= 0.3 is 5.97 Å². The van der Waals surface area contributed by atoms with Crippen LogP contribution in [0.15, 0.2) is 30.3 Å². The maximum Gasteiger partial charge on any atom is 0.326 e. The number of ether oxygens (including phenoxy) is 2. The van der Waals surface area contributed by atoms with Crippen LogP contribution in [-0.4, -0.2) is 44.1 Å². The van der Waals surface area contributed by atoms with Gasteiger partial charge in [0.25, 0.3) is 0 Å². The fourth-order valence-electron chi connectivity index (χ4n) is 2.12. The molecule has 0 bridgehead atoms. The molecule has 1 aromatic carbocycles. The Bertz CT molecular complexity index is 468. The van der Waals surface area contributed by atoms with Gasteiger partial charge in [0.05, 0.1) is 20.3 Å². The third kappa shape index (κ3) is 2.46. The van der Waals surface area contributed by atoms with E-state index in [1.54, 1.807) is 7.05 Å². The SMILES string of the molecule is COC(=O)C1(C(=O)N(C)Cc2ccccc2)COC1. The van der Waals surface area contributed by atoms with Crippen LogP contribution < -0.4 is 0 Å². The van der Waals surface area contributed by atoms with Crippen molar-refractivity contribution in [2.75, 3.05) is 27.4 Å². The second-order valence-corrected chi connectivity index (χ2v) is 4.71. The Labute approximate surface area is 112 Å². The van der Waals surface area contributed by atoms with E-state index in [1.165, 1.54) is 12.0 Å². The summed E-state index contributed by atoms with van der Waals surface area (Å²) in [7, 11) is 2.96. The molecule has 1 fully saturated rings. The van der Waals surface area contributed by atoms with Crippen LogP contribution >= 0.6 is 0 Å². The van der Waals surface area contributed by atoms with Gasteiger partial charge in [-0.1, -0.05) is 30.3 Å². The molecule has 1 aliphatic rings. The highest BCUT2D eigenvalue weighted by atomic mass is 16.5. The van der Waals surface area contributed by atoms with Crippen molar-refractivity contribution in [1.29, 1.82) is 0 Å². The van der Waals surface area contributed by atoms with Gasteiger partial charge in [-0.15, -0.1) is 0 Å². The molecule has 1 aliphatic heterocycles. The van der Waals surface area contributed by atoms with Crippen molar-refractivity contribution >= 4 is 11.9 Å². The molecule has 1 saturated heterocycles. The van der Waals surface area contributed by atoms with E-state index >= 15 is 0 Å². The number of methoxy groups -OCH3 is 1. The van der Waals surface area contributed by atoms with Gasteiger partial charge < -0.3 is 14.4 Å². The predicted molar refractivity (Wildman–Crippen MR) is 68.2 cm³/mol. The number of amides is 1. The second-order valence-electron chi connectivity index (χ2n) is 4.71. The number of nitrogens with zero attached hydrogens (tertiary/aromatic N) is 1. The first-order chi connectivity index (χ1) is 9.10. The topological polar surface area (TPSA) is 55.8 Å². The smallest absolute Gasteiger partial charge is 0.326 e. The van der Waals surface area contributed by atoms with Crippen molar-refractivity contribution in [2.24, 2.45) is 5.41 Å². The summed E-state index contributed by atoms with van der Waals surface area (Å²) < 4.78 is 9.75. The van der Waals surface area contributed by atoms with E-state index < -0.39 is 11.4 Å². The third-order valence-electron chi connectivity index (χ3n) is 3.29. The number of rotatable bonds is 4. The molecule has 1 aromatic rings. The minimum Gasteiger partial charge on any atom is -0.468 e. The van der Waals surface area contributed by atoms with E-state index in [9.17, 15) is 9.59 Å². The lowest BCUT2D eigenvalue weighted by Gasteiger charge is -2.39. The van der Waals surface area contributed by atoms with E-state index in [1.807, 2.05) is 30.3 Å². The highest BCUT2D eigenvalue weighted by Crippen LogP contribution is 2.31. The number of esters is 1. The molecular weight excluding hydrogens is 246 g/mol. The zero-order chi connectivity index (χ0) is 13.9. The molecule has 0 aromatic heterocycles. The maximum atomic E-state index is 12.4. The average molecular weight is 263 g/mol. The molecule has 0 radical (unpaired) electrons. The Morgan fingerprint density at radius 3 is 2.42 bits per heavy atom. The van der Waals surface area contributed by atoms with Gasteiger partial charge in [0.2, 0.25) is 5.91 Å². The van der Waals surface area contributed by atoms with Crippen molar-refractivity contribution in [2.45, 2.75) is 6.54 Å². The Morgan fingerprint density at radius 2 is 1.95 bits per heavy atom. The Hall–Kier alpha value is -1.88. The first-order valence-electron chi connectivity index (χ1n) is 6.06. The molecule has 102 valence electrons. The molecule has 0 saturated carbocycles. The van der Waals surface area contributed by atoms with Crippen molar-refractivity contribution in [3.63, 3.8) is 0 Å². The first kappa shape index (κ1) is 13.5. The summed E-state index contributed by atoms with van der Waals surface area (Å²) in [5, 5.41) is 0. The monoisotopic (exact) mass is 263 g/mol.